The van der Waals surface area contributed by atoms with Crippen LogP contribution in [0.2, 0.25) is 0 Å². The number of nitrogens with zero attached hydrogens (tertiary/aromatic N) is 3. The Bertz CT molecular complexity index is 809. The Kier molecular flexibility index (Phi) is 4.96. The standard InChI is InChI=1S/C18H20N4OS/c1-14-8-9-24-17(14)11-19-18(23)21(2)12-15-10-20-22(13-15)16-6-4-3-5-7-16/h3-10,13H,11-12H2,1-2H3,(H,19,23). The second kappa shape index (κ2) is 7.31. The molecular weight excluding hydrogens is 320 g/mol. The molecule has 0 atom stereocenters. The normalized spacial score (nSPS) is 10.6. The van der Waals surface area contributed by atoms with Crippen LogP contribution in [0.1, 0.15) is 16.0 Å². The molecular formula is C18H20N4OS. The van der Waals surface area contributed by atoms with Gasteiger partial charge in [-0.2, -0.15) is 5.10 Å². The Morgan fingerprint density at radius 1 is 1.29 bits per heavy atom. The van der Waals surface area contributed by atoms with Crippen molar-refractivity contribution in [1.29, 1.82) is 0 Å². The molecule has 0 spiro atoms. The largest absolute Gasteiger partial charge is 0.333 e. The summed E-state index contributed by atoms with van der Waals surface area (Å²) >= 11 is 1.66. The molecule has 0 radical (unpaired) electrons. The van der Waals surface area contributed by atoms with Crippen LogP contribution < -0.4 is 5.32 Å². The minimum atomic E-state index is -0.0877. The molecule has 0 saturated carbocycles. The van der Waals surface area contributed by atoms with Gasteiger partial charge >= 0.3 is 6.03 Å². The Balaban J connectivity index is 1.56. The van der Waals surface area contributed by atoms with Crippen molar-refractivity contribution in [3.05, 3.63) is 70.2 Å². The van der Waals surface area contributed by atoms with Gasteiger partial charge in [0.15, 0.2) is 0 Å². The molecule has 124 valence electrons. The van der Waals surface area contributed by atoms with Crippen molar-refractivity contribution in [1.82, 2.24) is 20.0 Å². The molecule has 0 saturated heterocycles. The van der Waals surface area contributed by atoms with Gasteiger partial charge in [-0.05, 0) is 36.1 Å². The molecule has 24 heavy (non-hydrogen) atoms. The highest BCUT2D eigenvalue weighted by molar-refractivity contribution is 7.10. The van der Waals surface area contributed by atoms with E-state index in [1.54, 1.807) is 29.5 Å². The van der Waals surface area contributed by atoms with Crippen molar-refractivity contribution >= 4 is 17.4 Å². The van der Waals surface area contributed by atoms with Gasteiger partial charge in [-0.25, -0.2) is 9.48 Å². The third-order valence-corrected chi connectivity index (χ3v) is 4.81. The highest BCUT2D eigenvalue weighted by atomic mass is 32.1. The minimum absolute atomic E-state index is 0.0877. The van der Waals surface area contributed by atoms with Crippen molar-refractivity contribution in [3.8, 4) is 5.69 Å². The van der Waals surface area contributed by atoms with Gasteiger partial charge in [-0.1, -0.05) is 18.2 Å². The molecule has 0 unspecified atom stereocenters. The maximum absolute atomic E-state index is 12.2. The number of thiophene rings is 1. The average molecular weight is 340 g/mol. The molecule has 1 aromatic carbocycles. The SMILES string of the molecule is Cc1ccsc1CNC(=O)N(C)Cc1cnn(-c2ccccc2)c1. The topological polar surface area (TPSA) is 50.2 Å². The molecule has 0 aliphatic heterocycles. The van der Waals surface area contributed by atoms with E-state index in [1.807, 2.05) is 46.6 Å². The lowest BCUT2D eigenvalue weighted by Gasteiger charge is -2.17. The molecule has 0 aliphatic carbocycles. The van der Waals surface area contributed by atoms with Crippen molar-refractivity contribution in [3.63, 3.8) is 0 Å². The van der Waals surface area contributed by atoms with E-state index in [2.05, 4.69) is 23.4 Å². The second-order valence-electron chi connectivity index (χ2n) is 5.67. The number of benzene rings is 1. The van der Waals surface area contributed by atoms with Gasteiger partial charge in [0.2, 0.25) is 0 Å². The number of para-hydroxylation sites is 1. The van der Waals surface area contributed by atoms with E-state index >= 15 is 0 Å². The van der Waals surface area contributed by atoms with Crippen LogP contribution in [-0.4, -0.2) is 27.8 Å². The van der Waals surface area contributed by atoms with Crippen molar-refractivity contribution in [2.45, 2.75) is 20.0 Å². The molecule has 5 nitrogen and oxygen atoms in total. The number of nitrogens with one attached hydrogen (secondary N) is 1. The van der Waals surface area contributed by atoms with Crippen molar-refractivity contribution in [2.75, 3.05) is 7.05 Å². The summed E-state index contributed by atoms with van der Waals surface area (Å²) in [6.45, 7) is 3.14. The van der Waals surface area contributed by atoms with Gasteiger partial charge in [-0.15, -0.1) is 11.3 Å². The summed E-state index contributed by atoms with van der Waals surface area (Å²) in [6.07, 6.45) is 3.74. The number of hydrogen-bond acceptors (Lipinski definition) is 3. The van der Waals surface area contributed by atoms with Crippen molar-refractivity contribution < 1.29 is 4.79 Å². The monoisotopic (exact) mass is 340 g/mol. The van der Waals surface area contributed by atoms with E-state index in [1.165, 1.54) is 10.4 Å². The summed E-state index contributed by atoms with van der Waals surface area (Å²) in [5, 5.41) is 9.35. The number of urea groups is 1. The first-order chi connectivity index (χ1) is 11.6. The fourth-order valence-electron chi connectivity index (χ4n) is 2.39. The first-order valence-corrected chi connectivity index (χ1v) is 8.62. The Morgan fingerprint density at radius 3 is 2.79 bits per heavy atom. The van der Waals surface area contributed by atoms with Crippen LogP contribution in [0.4, 0.5) is 4.79 Å². The molecule has 2 aromatic heterocycles. The lowest BCUT2D eigenvalue weighted by molar-refractivity contribution is 0.206. The molecule has 1 N–H and O–H groups in total. The molecule has 0 fully saturated rings. The number of hydrogen-bond donors (Lipinski definition) is 1. The zero-order valence-electron chi connectivity index (χ0n) is 13.8. The molecule has 3 aromatic rings. The zero-order chi connectivity index (χ0) is 16.9. The van der Waals surface area contributed by atoms with Gasteiger partial charge in [0.05, 0.1) is 25.0 Å². The van der Waals surface area contributed by atoms with E-state index < -0.39 is 0 Å². The fourth-order valence-corrected chi connectivity index (χ4v) is 3.23. The number of aryl methyl sites for hydroxylation is 1. The fraction of sp³-hybridized carbons (Fsp3) is 0.222. The third-order valence-electron chi connectivity index (χ3n) is 3.79. The number of rotatable bonds is 5. The average Bonchev–Trinajstić information content (AvgIpc) is 3.22. The molecule has 6 heteroatoms. The van der Waals surface area contributed by atoms with Crippen LogP contribution in [0.3, 0.4) is 0 Å². The lowest BCUT2D eigenvalue weighted by atomic mass is 10.3. The first-order valence-electron chi connectivity index (χ1n) is 7.74. The van der Waals surface area contributed by atoms with Crippen LogP contribution in [0.5, 0.6) is 0 Å². The molecule has 2 heterocycles. The first kappa shape index (κ1) is 16.3. The maximum Gasteiger partial charge on any atom is 0.317 e. The summed E-state index contributed by atoms with van der Waals surface area (Å²) in [4.78, 5) is 15.1. The van der Waals surface area contributed by atoms with Crippen LogP contribution in [0.15, 0.2) is 54.2 Å². The van der Waals surface area contributed by atoms with Gasteiger partial charge in [0, 0.05) is 23.7 Å². The number of amides is 2. The lowest BCUT2D eigenvalue weighted by Crippen LogP contribution is -2.36. The second-order valence-corrected chi connectivity index (χ2v) is 6.67. The summed E-state index contributed by atoms with van der Waals surface area (Å²) in [5.74, 6) is 0. The Labute approximate surface area is 145 Å². The predicted molar refractivity (Wildman–Crippen MR) is 96.3 cm³/mol. The van der Waals surface area contributed by atoms with E-state index in [9.17, 15) is 4.79 Å². The van der Waals surface area contributed by atoms with E-state index in [0.717, 1.165) is 11.3 Å². The third kappa shape index (κ3) is 3.83. The van der Waals surface area contributed by atoms with Crippen molar-refractivity contribution in [2.24, 2.45) is 0 Å². The zero-order valence-corrected chi connectivity index (χ0v) is 14.6. The van der Waals surface area contributed by atoms with Gasteiger partial charge < -0.3 is 10.2 Å². The smallest absolute Gasteiger partial charge is 0.317 e. The number of carbonyl (C=O) groups is 1. The number of aromatic nitrogens is 2. The molecule has 0 bridgehead atoms. The van der Waals surface area contributed by atoms with Gasteiger partial charge in [-0.3, -0.25) is 0 Å². The van der Waals surface area contributed by atoms with Gasteiger partial charge in [0.25, 0.3) is 0 Å². The van der Waals surface area contributed by atoms with E-state index in [4.69, 9.17) is 0 Å². The highest BCUT2D eigenvalue weighted by Gasteiger charge is 2.11. The van der Waals surface area contributed by atoms with Crippen LogP contribution in [0, 0.1) is 6.92 Å². The molecule has 3 rings (SSSR count). The maximum atomic E-state index is 12.2. The van der Waals surface area contributed by atoms with Crippen LogP contribution in [-0.2, 0) is 13.1 Å². The van der Waals surface area contributed by atoms with Gasteiger partial charge in [0.1, 0.15) is 0 Å². The van der Waals surface area contributed by atoms with E-state index in [0.29, 0.717) is 13.1 Å². The summed E-state index contributed by atoms with van der Waals surface area (Å²) < 4.78 is 1.82. The van der Waals surface area contributed by atoms with E-state index in [-0.39, 0.29) is 6.03 Å². The molecule has 2 amide bonds. The minimum Gasteiger partial charge on any atom is -0.333 e. The van der Waals surface area contributed by atoms with Crippen LogP contribution >= 0.6 is 11.3 Å². The molecule has 0 aliphatic rings. The quantitative estimate of drug-likeness (QED) is 0.772. The Morgan fingerprint density at radius 2 is 2.08 bits per heavy atom. The highest BCUT2D eigenvalue weighted by Crippen LogP contribution is 2.15. The Hall–Kier alpha value is -2.60. The summed E-state index contributed by atoms with van der Waals surface area (Å²) in [7, 11) is 1.79. The number of carbonyl (C=O) groups excluding carboxylic acids is 1. The predicted octanol–water partition coefficient (Wildman–Crippen LogP) is 3.58. The summed E-state index contributed by atoms with van der Waals surface area (Å²) in [6, 6.07) is 11.9. The van der Waals surface area contributed by atoms with Crippen LogP contribution in [0.25, 0.3) is 5.69 Å². The summed E-state index contributed by atoms with van der Waals surface area (Å²) in [5.41, 5.74) is 3.21.